The van der Waals surface area contributed by atoms with Crippen LogP contribution in [0.2, 0.25) is 0 Å². The lowest BCUT2D eigenvalue weighted by molar-refractivity contribution is 0.0729. The maximum atomic E-state index is 12.7. The highest BCUT2D eigenvalue weighted by molar-refractivity contribution is 7.88. The number of morpholine rings is 1. The molecule has 0 aliphatic carbocycles. The molecule has 1 N–H and O–H groups in total. The minimum Gasteiger partial charge on any atom is -0.379 e. The van der Waals surface area contributed by atoms with Gasteiger partial charge in [0.2, 0.25) is 10.0 Å². The molecule has 142 valence electrons. The van der Waals surface area contributed by atoms with E-state index in [1.165, 1.54) is 4.31 Å². The third kappa shape index (κ3) is 5.37. The third-order valence-corrected chi connectivity index (χ3v) is 6.38. The molecule has 1 aliphatic rings. The maximum Gasteiger partial charge on any atom is 0.218 e. The van der Waals surface area contributed by atoms with Crippen LogP contribution < -0.4 is 5.32 Å². The fourth-order valence-electron chi connectivity index (χ4n) is 3.02. The minimum absolute atomic E-state index is 0.00171. The van der Waals surface area contributed by atoms with Gasteiger partial charge < -0.3 is 10.1 Å². The molecule has 2 aromatic carbocycles. The lowest BCUT2D eigenvalue weighted by Crippen LogP contribution is -2.41. The largest absolute Gasteiger partial charge is 0.379 e. The molecular weight excluding hydrogens is 362 g/mol. The summed E-state index contributed by atoms with van der Waals surface area (Å²) in [5.74, 6) is 0.00171. The molecule has 0 unspecified atom stereocenters. The number of sulfonamides is 1. The second-order valence-electron chi connectivity index (χ2n) is 6.45. The fourth-order valence-corrected chi connectivity index (χ4v) is 4.58. The minimum atomic E-state index is -3.35. The highest BCUT2D eigenvalue weighted by Gasteiger charge is 2.25. The molecule has 0 saturated carbocycles. The second-order valence-corrected chi connectivity index (χ2v) is 8.42. The van der Waals surface area contributed by atoms with Crippen molar-refractivity contribution in [1.82, 2.24) is 9.62 Å². The van der Waals surface area contributed by atoms with Gasteiger partial charge in [0.15, 0.2) is 0 Å². The van der Waals surface area contributed by atoms with Crippen LogP contribution in [0.5, 0.6) is 0 Å². The first-order valence-corrected chi connectivity index (χ1v) is 10.5. The molecule has 2 aromatic rings. The molecule has 27 heavy (non-hydrogen) atoms. The molecule has 0 aromatic heterocycles. The lowest BCUT2D eigenvalue weighted by Gasteiger charge is -2.26. The van der Waals surface area contributed by atoms with Crippen LogP contribution in [0.3, 0.4) is 0 Å². The third-order valence-electron chi connectivity index (χ3n) is 4.55. The summed E-state index contributed by atoms with van der Waals surface area (Å²) in [7, 11) is -3.35. The molecule has 6 nitrogen and oxygen atoms in total. The van der Waals surface area contributed by atoms with Gasteiger partial charge >= 0.3 is 0 Å². The van der Waals surface area contributed by atoms with Gasteiger partial charge in [0.1, 0.15) is 0 Å². The molecule has 0 radical (unpaired) electrons. The first kappa shape index (κ1) is 19.5. The first-order chi connectivity index (χ1) is 13.1. The summed E-state index contributed by atoms with van der Waals surface area (Å²) in [6, 6.07) is 17.1. The number of nitrogens with one attached hydrogen (secondary N) is 1. The van der Waals surface area contributed by atoms with E-state index in [2.05, 4.69) is 11.4 Å². The van der Waals surface area contributed by atoms with Crippen LogP contribution in [0.15, 0.2) is 48.5 Å². The molecule has 0 amide bonds. The van der Waals surface area contributed by atoms with Crippen LogP contribution in [0.4, 0.5) is 0 Å². The van der Waals surface area contributed by atoms with E-state index in [-0.39, 0.29) is 5.75 Å². The van der Waals surface area contributed by atoms with E-state index in [1.54, 1.807) is 12.1 Å². The van der Waals surface area contributed by atoms with Gasteiger partial charge in [-0.2, -0.15) is 9.57 Å². The zero-order chi connectivity index (χ0) is 19.1. The van der Waals surface area contributed by atoms with E-state index in [4.69, 9.17) is 10.00 Å². The number of benzene rings is 2. The van der Waals surface area contributed by atoms with Gasteiger partial charge in [-0.3, -0.25) is 0 Å². The Kier molecular flexibility index (Phi) is 6.58. The summed E-state index contributed by atoms with van der Waals surface area (Å²) in [6.07, 6.45) is 0. The van der Waals surface area contributed by atoms with Crippen LogP contribution >= 0.6 is 0 Å². The topological polar surface area (TPSA) is 82.4 Å². The van der Waals surface area contributed by atoms with Gasteiger partial charge in [0.05, 0.1) is 30.6 Å². The number of rotatable bonds is 7. The number of nitrogens with zero attached hydrogens (tertiary/aromatic N) is 2. The summed E-state index contributed by atoms with van der Waals surface area (Å²) in [5, 5.41) is 12.2. The molecule has 1 aliphatic heterocycles. The van der Waals surface area contributed by atoms with E-state index in [0.717, 1.165) is 16.7 Å². The molecule has 1 fully saturated rings. The quantitative estimate of drug-likeness (QED) is 0.788. The summed E-state index contributed by atoms with van der Waals surface area (Å²) < 4.78 is 32.1. The molecular formula is C20H23N3O3S. The Bertz CT molecular complexity index is 899. The Hall–Kier alpha value is -2.24. The Morgan fingerprint density at radius 1 is 1.00 bits per heavy atom. The summed E-state index contributed by atoms with van der Waals surface area (Å²) in [6.45, 7) is 2.97. The Balaban J connectivity index is 1.62. The van der Waals surface area contributed by atoms with E-state index >= 15 is 0 Å². The van der Waals surface area contributed by atoms with Gasteiger partial charge in [0, 0.05) is 26.2 Å². The van der Waals surface area contributed by atoms with Gasteiger partial charge in [-0.15, -0.1) is 0 Å². The molecule has 3 rings (SSSR count). The zero-order valence-electron chi connectivity index (χ0n) is 15.1. The van der Waals surface area contributed by atoms with E-state index in [9.17, 15) is 8.42 Å². The van der Waals surface area contributed by atoms with Gasteiger partial charge in [-0.1, -0.05) is 36.4 Å². The second kappa shape index (κ2) is 9.11. The van der Waals surface area contributed by atoms with Crippen molar-refractivity contribution in [2.24, 2.45) is 0 Å². The number of ether oxygens (including phenoxy) is 1. The van der Waals surface area contributed by atoms with Crippen molar-refractivity contribution in [3.8, 4) is 6.07 Å². The highest BCUT2D eigenvalue weighted by Crippen LogP contribution is 2.17. The SMILES string of the molecule is N#Cc1ccc(CNCc2ccccc2CS(=O)(=O)N2CCOCC2)cc1. The maximum absolute atomic E-state index is 12.7. The predicted molar refractivity (Wildman–Crippen MR) is 103 cm³/mol. The normalized spacial score (nSPS) is 15.4. The van der Waals surface area contributed by atoms with Crippen molar-refractivity contribution in [3.63, 3.8) is 0 Å². The van der Waals surface area contributed by atoms with Crippen LogP contribution in [-0.2, 0) is 33.6 Å². The molecule has 0 atom stereocenters. The van der Waals surface area contributed by atoms with E-state index in [0.29, 0.717) is 45.0 Å². The first-order valence-electron chi connectivity index (χ1n) is 8.90. The smallest absolute Gasteiger partial charge is 0.218 e. The lowest BCUT2D eigenvalue weighted by atomic mass is 10.1. The summed E-state index contributed by atoms with van der Waals surface area (Å²) in [4.78, 5) is 0. The fraction of sp³-hybridized carbons (Fsp3) is 0.350. The standard InChI is InChI=1S/C20H23N3O3S/c21-13-17-5-7-18(8-6-17)14-22-15-19-3-1-2-4-20(19)16-27(24,25)23-9-11-26-12-10-23/h1-8,22H,9-12,14-16H2. The monoisotopic (exact) mass is 385 g/mol. The van der Waals surface area contributed by atoms with Crippen molar-refractivity contribution in [3.05, 3.63) is 70.8 Å². The molecule has 0 spiro atoms. The highest BCUT2D eigenvalue weighted by atomic mass is 32.2. The van der Waals surface area contributed by atoms with Crippen molar-refractivity contribution < 1.29 is 13.2 Å². The Morgan fingerprint density at radius 2 is 1.67 bits per heavy atom. The number of hydrogen-bond acceptors (Lipinski definition) is 5. The number of nitriles is 1. The van der Waals surface area contributed by atoms with Crippen LogP contribution in [0, 0.1) is 11.3 Å². The Labute approximate surface area is 160 Å². The van der Waals surface area contributed by atoms with Crippen LogP contribution in [0.25, 0.3) is 0 Å². The van der Waals surface area contributed by atoms with Crippen molar-refractivity contribution in [1.29, 1.82) is 5.26 Å². The number of hydrogen-bond donors (Lipinski definition) is 1. The van der Waals surface area contributed by atoms with E-state index in [1.807, 2.05) is 36.4 Å². The van der Waals surface area contributed by atoms with E-state index < -0.39 is 10.0 Å². The summed E-state index contributed by atoms with van der Waals surface area (Å²) in [5.41, 5.74) is 3.50. The Morgan fingerprint density at radius 3 is 2.33 bits per heavy atom. The van der Waals surface area contributed by atoms with Crippen molar-refractivity contribution in [2.75, 3.05) is 26.3 Å². The van der Waals surface area contributed by atoms with Gasteiger partial charge in [0.25, 0.3) is 0 Å². The molecule has 0 bridgehead atoms. The predicted octanol–water partition coefficient (Wildman–Crippen LogP) is 2.01. The zero-order valence-corrected chi connectivity index (χ0v) is 15.9. The van der Waals surface area contributed by atoms with Crippen molar-refractivity contribution in [2.45, 2.75) is 18.8 Å². The average Bonchev–Trinajstić information content (AvgIpc) is 2.70. The van der Waals surface area contributed by atoms with Gasteiger partial charge in [-0.25, -0.2) is 8.42 Å². The summed E-state index contributed by atoms with van der Waals surface area (Å²) >= 11 is 0. The average molecular weight is 385 g/mol. The van der Waals surface area contributed by atoms with Gasteiger partial charge in [-0.05, 0) is 28.8 Å². The van der Waals surface area contributed by atoms with Crippen molar-refractivity contribution >= 4 is 10.0 Å². The van der Waals surface area contributed by atoms with Crippen LogP contribution in [-0.4, -0.2) is 39.0 Å². The molecule has 1 saturated heterocycles. The molecule has 7 heteroatoms. The molecule has 1 heterocycles. The van der Waals surface area contributed by atoms with Crippen LogP contribution in [0.1, 0.15) is 22.3 Å².